The first kappa shape index (κ1) is 18.9. The van der Waals surface area contributed by atoms with Gasteiger partial charge in [0.25, 0.3) is 0 Å². The van der Waals surface area contributed by atoms with Gasteiger partial charge in [0.2, 0.25) is 0 Å². The van der Waals surface area contributed by atoms with E-state index in [1.807, 2.05) is 13.1 Å². The molecule has 22 heavy (non-hydrogen) atoms. The number of anilines is 1. The zero-order chi connectivity index (χ0) is 15.2. The zero-order valence-corrected chi connectivity index (χ0v) is 16.4. The fourth-order valence-electron chi connectivity index (χ4n) is 2.20. The van der Waals surface area contributed by atoms with Crippen LogP contribution in [0.3, 0.4) is 0 Å². The lowest BCUT2D eigenvalue weighted by atomic mass is 10.0. The van der Waals surface area contributed by atoms with Gasteiger partial charge in [0.05, 0.1) is 6.54 Å². The van der Waals surface area contributed by atoms with Crippen LogP contribution in [0, 0.1) is 6.92 Å². The normalized spacial score (nSPS) is 11.1. The predicted octanol–water partition coefficient (Wildman–Crippen LogP) is 4.12. The van der Waals surface area contributed by atoms with E-state index in [1.54, 1.807) is 11.3 Å². The van der Waals surface area contributed by atoms with Crippen molar-refractivity contribution in [2.75, 3.05) is 5.32 Å². The number of guanidine groups is 1. The maximum atomic E-state index is 6.02. The minimum atomic E-state index is 0. The van der Waals surface area contributed by atoms with Crippen LogP contribution in [0.5, 0.6) is 0 Å². The molecule has 0 bridgehead atoms. The summed E-state index contributed by atoms with van der Waals surface area (Å²) in [6, 6.07) is 6.34. The molecule has 0 atom stereocenters. The Bertz CT molecular complexity index is 615. The highest BCUT2D eigenvalue weighted by atomic mass is 127. The fourth-order valence-corrected chi connectivity index (χ4v) is 2.91. The van der Waals surface area contributed by atoms with Crippen LogP contribution in [0.15, 0.2) is 29.4 Å². The summed E-state index contributed by atoms with van der Waals surface area (Å²) in [5, 5.41) is 4.25. The molecule has 6 heteroatoms. The Morgan fingerprint density at radius 1 is 1.27 bits per heavy atom. The molecule has 120 valence electrons. The summed E-state index contributed by atoms with van der Waals surface area (Å²) in [6.07, 6.45) is 3.80. The first-order valence-electron chi connectivity index (χ1n) is 7.23. The molecule has 2 aromatic rings. The maximum absolute atomic E-state index is 6.02. The van der Waals surface area contributed by atoms with Crippen LogP contribution in [-0.4, -0.2) is 10.9 Å². The van der Waals surface area contributed by atoms with E-state index < -0.39 is 0 Å². The molecule has 4 nitrogen and oxygen atoms in total. The highest BCUT2D eigenvalue weighted by molar-refractivity contribution is 14.0. The van der Waals surface area contributed by atoms with E-state index in [0.717, 1.165) is 23.5 Å². The van der Waals surface area contributed by atoms with E-state index in [1.165, 1.54) is 16.0 Å². The van der Waals surface area contributed by atoms with E-state index in [-0.39, 0.29) is 24.0 Å². The van der Waals surface area contributed by atoms with Gasteiger partial charge in [-0.2, -0.15) is 0 Å². The number of aromatic nitrogens is 1. The highest BCUT2D eigenvalue weighted by Gasteiger charge is 2.07. The van der Waals surface area contributed by atoms with E-state index in [0.29, 0.717) is 12.5 Å². The van der Waals surface area contributed by atoms with Crippen LogP contribution >= 0.6 is 35.3 Å². The molecule has 1 aromatic heterocycles. The third-order valence-corrected chi connectivity index (χ3v) is 4.20. The number of nitrogens with one attached hydrogen (secondary N) is 1. The van der Waals surface area contributed by atoms with Crippen LogP contribution in [0.1, 0.15) is 34.9 Å². The molecule has 0 unspecified atom stereocenters. The third kappa shape index (κ3) is 4.95. The Morgan fingerprint density at radius 3 is 2.41 bits per heavy atom. The Morgan fingerprint density at radius 2 is 1.91 bits per heavy atom. The highest BCUT2D eigenvalue weighted by Crippen LogP contribution is 2.22. The molecule has 1 aromatic carbocycles. The average Bonchev–Trinajstić information content (AvgIpc) is 2.91. The molecule has 0 amide bonds. The van der Waals surface area contributed by atoms with Gasteiger partial charge in [0.15, 0.2) is 5.96 Å². The van der Waals surface area contributed by atoms with Gasteiger partial charge in [0.1, 0.15) is 5.01 Å². The second-order valence-electron chi connectivity index (χ2n) is 4.85. The van der Waals surface area contributed by atoms with Gasteiger partial charge in [-0.15, -0.1) is 35.3 Å². The van der Waals surface area contributed by atoms with Crippen molar-refractivity contribution in [2.24, 2.45) is 10.7 Å². The number of hydrogen-bond acceptors (Lipinski definition) is 3. The van der Waals surface area contributed by atoms with Crippen LogP contribution < -0.4 is 11.1 Å². The number of halogens is 1. The lowest BCUT2D eigenvalue weighted by molar-refractivity contribution is 1.03. The molecular weight excluding hydrogens is 407 g/mol. The van der Waals surface area contributed by atoms with Crippen molar-refractivity contribution < 1.29 is 0 Å². The molecule has 0 spiro atoms. The van der Waals surface area contributed by atoms with Crippen LogP contribution in [0.2, 0.25) is 0 Å². The lowest BCUT2D eigenvalue weighted by Crippen LogP contribution is -2.24. The minimum absolute atomic E-state index is 0. The minimum Gasteiger partial charge on any atom is -0.370 e. The summed E-state index contributed by atoms with van der Waals surface area (Å²) in [6.45, 7) is 6.85. The van der Waals surface area contributed by atoms with Crippen molar-refractivity contribution >= 4 is 47.0 Å². The number of hydrogen-bond donors (Lipinski definition) is 2. The summed E-state index contributed by atoms with van der Waals surface area (Å²) in [4.78, 5) is 9.87. The number of nitrogens with zero attached hydrogens (tertiary/aromatic N) is 2. The van der Waals surface area contributed by atoms with Gasteiger partial charge < -0.3 is 11.1 Å². The molecule has 0 aliphatic carbocycles. The first-order chi connectivity index (χ1) is 10.1. The SMILES string of the molecule is CCc1cccc(CC)c1NC(N)=NCc1ncc(C)s1.I. The smallest absolute Gasteiger partial charge is 0.193 e. The van der Waals surface area contributed by atoms with Gasteiger partial charge in [-0.1, -0.05) is 32.0 Å². The molecular formula is C16H23IN4S. The summed E-state index contributed by atoms with van der Waals surface area (Å²) >= 11 is 1.65. The standard InChI is InChI=1S/C16H22N4S.HI/c1-4-12-7-6-8-13(5-2)15(12)20-16(17)19-10-14-18-9-11(3)21-14;/h6-9H,4-5,10H2,1-3H3,(H3,17,19,20);1H. The maximum Gasteiger partial charge on any atom is 0.193 e. The van der Waals surface area contributed by atoms with E-state index in [2.05, 4.69) is 47.3 Å². The van der Waals surface area contributed by atoms with Crippen molar-refractivity contribution in [1.29, 1.82) is 0 Å². The molecule has 0 fully saturated rings. The molecule has 0 radical (unpaired) electrons. The van der Waals surface area contributed by atoms with Gasteiger partial charge in [-0.05, 0) is 30.9 Å². The Balaban J connectivity index is 0.00000242. The van der Waals surface area contributed by atoms with Crippen molar-refractivity contribution in [1.82, 2.24) is 4.98 Å². The number of thiazole rings is 1. The van der Waals surface area contributed by atoms with Crippen LogP contribution in [0.4, 0.5) is 5.69 Å². The second kappa shape index (κ2) is 9.09. The average molecular weight is 430 g/mol. The zero-order valence-electron chi connectivity index (χ0n) is 13.2. The van der Waals surface area contributed by atoms with Gasteiger partial charge in [-0.25, -0.2) is 9.98 Å². The predicted molar refractivity (Wildman–Crippen MR) is 106 cm³/mol. The van der Waals surface area contributed by atoms with E-state index >= 15 is 0 Å². The number of nitrogens with two attached hydrogens (primary N) is 1. The summed E-state index contributed by atoms with van der Waals surface area (Å²) in [5.41, 5.74) is 9.64. The number of para-hydroxylation sites is 1. The molecule has 2 rings (SSSR count). The van der Waals surface area contributed by atoms with Crippen molar-refractivity contribution in [3.8, 4) is 0 Å². The lowest BCUT2D eigenvalue weighted by Gasteiger charge is -2.14. The Labute approximate surface area is 153 Å². The monoisotopic (exact) mass is 430 g/mol. The third-order valence-electron chi connectivity index (χ3n) is 3.31. The molecule has 0 saturated heterocycles. The molecule has 0 aliphatic rings. The van der Waals surface area contributed by atoms with Gasteiger partial charge in [0, 0.05) is 16.8 Å². The number of benzene rings is 1. The van der Waals surface area contributed by atoms with Crippen molar-refractivity contribution in [3.05, 3.63) is 45.4 Å². The fraction of sp³-hybridized carbons (Fsp3) is 0.375. The summed E-state index contributed by atoms with van der Waals surface area (Å²) < 4.78 is 0. The molecule has 0 aliphatic heterocycles. The number of aryl methyl sites for hydroxylation is 3. The molecule has 1 heterocycles. The Hall–Kier alpha value is -1.15. The topological polar surface area (TPSA) is 63.3 Å². The van der Waals surface area contributed by atoms with Gasteiger partial charge in [-0.3, -0.25) is 0 Å². The molecule has 0 saturated carbocycles. The summed E-state index contributed by atoms with van der Waals surface area (Å²) in [7, 11) is 0. The number of rotatable bonds is 5. The quantitative estimate of drug-likeness (QED) is 0.426. The largest absolute Gasteiger partial charge is 0.370 e. The Kier molecular flexibility index (Phi) is 7.81. The van der Waals surface area contributed by atoms with Crippen LogP contribution in [0.25, 0.3) is 0 Å². The van der Waals surface area contributed by atoms with Crippen molar-refractivity contribution in [3.63, 3.8) is 0 Å². The summed E-state index contributed by atoms with van der Waals surface area (Å²) in [5.74, 6) is 0.443. The second-order valence-corrected chi connectivity index (χ2v) is 6.17. The number of aliphatic imine (C=N–C) groups is 1. The van der Waals surface area contributed by atoms with E-state index in [4.69, 9.17) is 5.73 Å². The molecule has 3 N–H and O–H groups in total. The van der Waals surface area contributed by atoms with Crippen LogP contribution in [-0.2, 0) is 19.4 Å². The van der Waals surface area contributed by atoms with Gasteiger partial charge >= 0.3 is 0 Å². The first-order valence-corrected chi connectivity index (χ1v) is 8.04. The van der Waals surface area contributed by atoms with E-state index in [9.17, 15) is 0 Å². The van der Waals surface area contributed by atoms with Crippen molar-refractivity contribution in [2.45, 2.75) is 40.2 Å².